The normalized spacial score (nSPS) is 11.8. The van der Waals surface area contributed by atoms with E-state index in [1.165, 1.54) is 16.7 Å². The van der Waals surface area contributed by atoms with Gasteiger partial charge in [-0.25, -0.2) is 0 Å². The molecular weight excluding hydrogens is 318 g/mol. The molecule has 0 aliphatic rings. The largest absolute Gasteiger partial charge is 0.345 e. The highest BCUT2D eigenvalue weighted by Gasteiger charge is 2.18. The fourth-order valence-corrected chi connectivity index (χ4v) is 3.14. The molecule has 132 valence electrons. The first-order chi connectivity index (χ1) is 12.6. The molecule has 2 heteroatoms. The zero-order valence-corrected chi connectivity index (χ0v) is 15.4. The van der Waals surface area contributed by atoms with Crippen molar-refractivity contribution in [3.8, 4) is 0 Å². The maximum atomic E-state index is 12.6. The Hall–Kier alpha value is -2.87. The summed E-state index contributed by atoms with van der Waals surface area (Å²) in [7, 11) is 0. The third-order valence-electron chi connectivity index (χ3n) is 4.70. The van der Waals surface area contributed by atoms with E-state index in [4.69, 9.17) is 0 Å². The van der Waals surface area contributed by atoms with Crippen LogP contribution >= 0.6 is 0 Å². The molecule has 0 saturated carbocycles. The lowest BCUT2D eigenvalue weighted by Gasteiger charge is -2.21. The van der Waals surface area contributed by atoms with Gasteiger partial charge in [0.1, 0.15) is 0 Å². The summed E-state index contributed by atoms with van der Waals surface area (Å²) in [6, 6.07) is 26.6. The van der Waals surface area contributed by atoms with Crippen molar-refractivity contribution in [2.24, 2.45) is 0 Å². The van der Waals surface area contributed by atoms with Gasteiger partial charge in [-0.3, -0.25) is 4.79 Å². The van der Waals surface area contributed by atoms with Crippen LogP contribution in [0.3, 0.4) is 0 Å². The van der Waals surface area contributed by atoms with Crippen LogP contribution in [0, 0.1) is 13.8 Å². The summed E-state index contributed by atoms with van der Waals surface area (Å²) in [6.07, 6.45) is 1.24. The van der Waals surface area contributed by atoms with Crippen LogP contribution < -0.4 is 5.32 Å². The van der Waals surface area contributed by atoms with Crippen LogP contribution in [0.5, 0.6) is 0 Å². The second kappa shape index (κ2) is 8.48. The molecule has 0 saturated heterocycles. The Morgan fingerprint density at radius 3 is 2.19 bits per heavy atom. The summed E-state index contributed by atoms with van der Waals surface area (Å²) >= 11 is 0. The van der Waals surface area contributed by atoms with Crippen LogP contribution in [-0.4, -0.2) is 5.91 Å². The molecule has 1 N–H and O–H groups in total. The third kappa shape index (κ3) is 4.60. The highest BCUT2D eigenvalue weighted by Crippen LogP contribution is 2.25. The Morgan fingerprint density at radius 1 is 0.846 bits per heavy atom. The SMILES string of the molecule is Cc1ccc(CCC(=O)N[C@@H](c2ccccc2)c2ccccc2C)cc1. The van der Waals surface area contributed by atoms with Crippen molar-refractivity contribution in [1.29, 1.82) is 0 Å². The molecule has 0 radical (unpaired) electrons. The standard InChI is InChI=1S/C24H25NO/c1-18-12-14-20(15-13-18)16-17-23(26)25-24(21-9-4-3-5-10-21)22-11-7-6-8-19(22)2/h3-15,24H,16-17H2,1-2H3,(H,25,26)/t24-/m0/s1. The lowest BCUT2D eigenvalue weighted by Crippen LogP contribution is -2.30. The second-order valence-corrected chi connectivity index (χ2v) is 6.75. The summed E-state index contributed by atoms with van der Waals surface area (Å²) < 4.78 is 0. The molecule has 3 rings (SSSR count). The van der Waals surface area contributed by atoms with E-state index in [-0.39, 0.29) is 11.9 Å². The van der Waals surface area contributed by atoms with E-state index >= 15 is 0 Å². The van der Waals surface area contributed by atoms with E-state index in [1.54, 1.807) is 0 Å². The average Bonchev–Trinajstić information content (AvgIpc) is 2.67. The summed E-state index contributed by atoms with van der Waals surface area (Å²) in [5, 5.41) is 3.23. The van der Waals surface area contributed by atoms with E-state index in [2.05, 4.69) is 67.7 Å². The zero-order chi connectivity index (χ0) is 18.4. The van der Waals surface area contributed by atoms with Gasteiger partial charge < -0.3 is 5.32 Å². The van der Waals surface area contributed by atoms with Crippen LogP contribution in [0.1, 0.15) is 40.3 Å². The number of hydrogen-bond donors (Lipinski definition) is 1. The molecular formula is C24H25NO. The Bertz CT molecular complexity index is 853. The van der Waals surface area contributed by atoms with Gasteiger partial charge in [0, 0.05) is 6.42 Å². The summed E-state index contributed by atoms with van der Waals surface area (Å²) in [5.41, 5.74) is 5.85. The fourth-order valence-electron chi connectivity index (χ4n) is 3.14. The molecule has 0 unspecified atom stereocenters. The van der Waals surface area contributed by atoms with E-state index in [0.29, 0.717) is 6.42 Å². The minimum atomic E-state index is -0.122. The molecule has 0 fully saturated rings. The fraction of sp³-hybridized carbons (Fsp3) is 0.208. The van der Waals surface area contributed by atoms with E-state index in [0.717, 1.165) is 17.5 Å². The van der Waals surface area contributed by atoms with Gasteiger partial charge in [-0.2, -0.15) is 0 Å². The van der Waals surface area contributed by atoms with Gasteiger partial charge in [0.25, 0.3) is 0 Å². The number of nitrogens with one attached hydrogen (secondary N) is 1. The number of aryl methyl sites for hydroxylation is 3. The number of rotatable bonds is 6. The van der Waals surface area contributed by atoms with Crippen molar-refractivity contribution in [2.75, 3.05) is 0 Å². The van der Waals surface area contributed by atoms with Crippen LogP contribution in [0.2, 0.25) is 0 Å². The summed E-state index contributed by atoms with van der Waals surface area (Å²) in [6.45, 7) is 4.16. The molecule has 0 aliphatic heterocycles. The topological polar surface area (TPSA) is 29.1 Å². The van der Waals surface area contributed by atoms with Gasteiger partial charge in [-0.15, -0.1) is 0 Å². The van der Waals surface area contributed by atoms with Gasteiger partial charge in [0.05, 0.1) is 6.04 Å². The first-order valence-electron chi connectivity index (χ1n) is 9.09. The molecule has 0 spiro atoms. The molecule has 0 heterocycles. The Kier molecular flexibility index (Phi) is 5.85. The molecule has 2 nitrogen and oxygen atoms in total. The molecule has 0 aromatic heterocycles. The Balaban J connectivity index is 1.74. The van der Waals surface area contributed by atoms with Gasteiger partial charge in [0.15, 0.2) is 0 Å². The molecule has 1 amide bonds. The van der Waals surface area contributed by atoms with Crippen molar-refractivity contribution in [3.63, 3.8) is 0 Å². The van der Waals surface area contributed by atoms with Gasteiger partial charge in [-0.05, 0) is 42.5 Å². The molecule has 3 aromatic rings. The van der Waals surface area contributed by atoms with E-state index in [1.807, 2.05) is 30.3 Å². The van der Waals surface area contributed by atoms with Gasteiger partial charge >= 0.3 is 0 Å². The minimum Gasteiger partial charge on any atom is -0.345 e. The highest BCUT2D eigenvalue weighted by atomic mass is 16.1. The predicted octanol–water partition coefficient (Wildman–Crippen LogP) is 5.14. The number of carbonyl (C=O) groups excluding carboxylic acids is 1. The monoisotopic (exact) mass is 343 g/mol. The number of carbonyl (C=O) groups is 1. The third-order valence-corrected chi connectivity index (χ3v) is 4.70. The minimum absolute atomic E-state index is 0.0719. The average molecular weight is 343 g/mol. The maximum absolute atomic E-state index is 12.6. The van der Waals surface area contributed by atoms with Gasteiger partial charge in [-0.1, -0.05) is 84.4 Å². The van der Waals surface area contributed by atoms with E-state index in [9.17, 15) is 4.79 Å². The van der Waals surface area contributed by atoms with E-state index < -0.39 is 0 Å². The predicted molar refractivity (Wildman–Crippen MR) is 107 cm³/mol. The Morgan fingerprint density at radius 2 is 1.50 bits per heavy atom. The highest BCUT2D eigenvalue weighted by molar-refractivity contribution is 5.77. The number of amides is 1. The summed E-state index contributed by atoms with van der Waals surface area (Å²) in [5.74, 6) is 0.0719. The number of hydrogen-bond acceptors (Lipinski definition) is 1. The molecule has 1 atom stereocenters. The van der Waals surface area contributed by atoms with Crippen molar-refractivity contribution in [2.45, 2.75) is 32.7 Å². The first-order valence-corrected chi connectivity index (χ1v) is 9.09. The molecule has 3 aromatic carbocycles. The number of benzene rings is 3. The lowest BCUT2D eigenvalue weighted by molar-refractivity contribution is -0.121. The lowest BCUT2D eigenvalue weighted by atomic mass is 9.94. The van der Waals surface area contributed by atoms with Crippen molar-refractivity contribution in [3.05, 3.63) is 107 Å². The van der Waals surface area contributed by atoms with Crippen LogP contribution in [0.4, 0.5) is 0 Å². The Labute approximate surface area is 155 Å². The van der Waals surface area contributed by atoms with Gasteiger partial charge in [0.2, 0.25) is 5.91 Å². The van der Waals surface area contributed by atoms with Crippen molar-refractivity contribution < 1.29 is 4.79 Å². The molecule has 0 bridgehead atoms. The maximum Gasteiger partial charge on any atom is 0.221 e. The van der Waals surface area contributed by atoms with Crippen molar-refractivity contribution in [1.82, 2.24) is 5.32 Å². The van der Waals surface area contributed by atoms with Crippen LogP contribution in [0.25, 0.3) is 0 Å². The van der Waals surface area contributed by atoms with Crippen molar-refractivity contribution >= 4 is 5.91 Å². The molecule has 0 aliphatic carbocycles. The summed E-state index contributed by atoms with van der Waals surface area (Å²) in [4.78, 5) is 12.6. The zero-order valence-electron chi connectivity index (χ0n) is 15.4. The van der Waals surface area contributed by atoms with Crippen LogP contribution in [0.15, 0.2) is 78.9 Å². The second-order valence-electron chi connectivity index (χ2n) is 6.75. The smallest absolute Gasteiger partial charge is 0.221 e. The quantitative estimate of drug-likeness (QED) is 0.659. The van der Waals surface area contributed by atoms with Crippen LogP contribution in [-0.2, 0) is 11.2 Å². The molecule has 26 heavy (non-hydrogen) atoms. The first kappa shape index (κ1) is 17.9.